The topological polar surface area (TPSA) is 68.2 Å². The molecule has 2 aromatic heterocycles. The van der Waals surface area contributed by atoms with E-state index in [0.717, 1.165) is 41.7 Å². The highest BCUT2D eigenvalue weighted by atomic mass is 16.5. The molecule has 1 saturated heterocycles. The van der Waals surface area contributed by atoms with Gasteiger partial charge in [-0.1, -0.05) is 5.16 Å². The number of nitrogens with two attached hydrogens (primary N) is 1. The van der Waals surface area contributed by atoms with E-state index in [0.29, 0.717) is 5.92 Å². The van der Waals surface area contributed by atoms with Crippen molar-refractivity contribution in [3.05, 3.63) is 23.7 Å². The van der Waals surface area contributed by atoms with Gasteiger partial charge in [-0.2, -0.15) is 0 Å². The monoisotopic (exact) mass is 246 g/mol. The first-order chi connectivity index (χ1) is 8.65. The molecule has 0 aromatic carbocycles. The fourth-order valence-corrected chi connectivity index (χ4v) is 2.87. The van der Waals surface area contributed by atoms with Gasteiger partial charge in [0.15, 0.2) is 5.58 Å². The molecule has 5 nitrogen and oxygen atoms in total. The van der Waals surface area contributed by atoms with Crippen molar-refractivity contribution in [1.29, 1.82) is 0 Å². The van der Waals surface area contributed by atoms with E-state index in [-0.39, 0.29) is 6.04 Å². The Morgan fingerprint density at radius 2 is 2.22 bits per heavy atom. The third-order valence-electron chi connectivity index (χ3n) is 3.69. The number of pyridine rings is 1. The molecule has 0 saturated carbocycles. The standard InChI is InChI=1S/C13H18N4O/c1-8-11-4-15-5-12(13(11)18-16-8)9-3-10(14)7-17(2)6-9/h4-5,9-10H,3,6-7,14H2,1-2H3. The normalized spacial score (nSPS) is 25.7. The Balaban J connectivity index is 2.03. The molecule has 3 heterocycles. The zero-order valence-electron chi connectivity index (χ0n) is 10.8. The van der Waals surface area contributed by atoms with Crippen LogP contribution in [0.2, 0.25) is 0 Å². The smallest absolute Gasteiger partial charge is 0.173 e. The van der Waals surface area contributed by atoms with Gasteiger partial charge in [-0.05, 0) is 20.4 Å². The number of likely N-dealkylation sites (tertiary alicyclic amines) is 1. The summed E-state index contributed by atoms with van der Waals surface area (Å²) in [5, 5.41) is 5.04. The molecule has 0 spiro atoms. The fourth-order valence-electron chi connectivity index (χ4n) is 2.87. The first-order valence-electron chi connectivity index (χ1n) is 6.29. The molecule has 5 heteroatoms. The van der Waals surface area contributed by atoms with Crippen LogP contribution in [0.5, 0.6) is 0 Å². The Morgan fingerprint density at radius 3 is 3.00 bits per heavy atom. The lowest BCUT2D eigenvalue weighted by Crippen LogP contribution is -2.44. The summed E-state index contributed by atoms with van der Waals surface area (Å²) in [6.07, 6.45) is 4.69. The molecule has 2 N–H and O–H groups in total. The summed E-state index contributed by atoms with van der Waals surface area (Å²) in [5.74, 6) is 0.377. The highest BCUT2D eigenvalue weighted by Crippen LogP contribution is 2.31. The van der Waals surface area contributed by atoms with Crippen LogP contribution in [0.15, 0.2) is 16.9 Å². The number of likely N-dealkylation sites (N-methyl/N-ethyl adjacent to an activating group) is 1. The molecule has 0 radical (unpaired) electrons. The second-order valence-electron chi connectivity index (χ2n) is 5.29. The molecule has 2 aromatic rings. The molecule has 96 valence electrons. The number of hydrogen-bond donors (Lipinski definition) is 1. The molecule has 1 aliphatic heterocycles. The van der Waals surface area contributed by atoms with E-state index >= 15 is 0 Å². The van der Waals surface area contributed by atoms with Crippen molar-refractivity contribution in [2.75, 3.05) is 20.1 Å². The number of aryl methyl sites for hydroxylation is 1. The van der Waals surface area contributed by atoms with Gasteiger partial charge in [0.05, 0.1) is 11.1 Å². The lowest BCUT2D eigenvalue weighted by Gasteiger charge is -2.33. The van der Waals surface area contributed by atoms with Crippen molar-refractivity contribution in [3.63, 3.8) is 0 Å². The van der Waals surface area contributed by atoms with Gasteiger partial charge in [0.25, 0.3) is 0 Å². The van der Waals surface area contributed by atoms with Crippen molar-refractivity contribution in [1.82, 2.24) is 15.0 Å². The Morgan fingerprint density at radius 1 is 1.39 bits per heavy atom. The maximum atomic E-state index is 6.09. The molecule has 0 bridgehead atoms. The van der Waals surface area contributed by atoms with Gasteiger partial charge in [-0.15, -0.1) is 0 Å². The summed E-state index contributed by atoms with van der Waals surface area (Å²) in [6, 6.07) is 0.216. The van der Waals surface area contributed by atoms with Gasteiger partial charge in [0.1, 0.15) is 0 Å². The Kier molecular flexibility index (Phi) is 2.80. The van der Waals surface area contributed by atoms with E-state index in [4.69, 9.17) is 10.3 Å². The quantitative estimate of drug-likeness (QED) is 0.821. The third-order valence-corrected chi connectivity index (χ3v) is 3.69. The maximum absolute atomic E-state index is 6.09. The second-order valence-corrected chi connectivity index (χ2v) is 5.29. The predicted molar refractivity (Wildman–Crippen MR) is 69.4 cm³/mol. The molecule has 0 aliphatic carbocycles. The summed E-state index contributed by atoms with van der Waals surface area (Å²) in [7, 11) is 2.10. The minimum absolute atomic E-state index is 0.216. The number of piperidine rings is 1. The SMILES string of the molecule is Cc1noc2c(C3CC(N)CN(C)C3)cncc12. The molecule has 1 aliphatic rings. The van der Waals surface area contributed by atoms with Crippen LogP contribution in [0.1, 0.15) is 23.6 Å². The Hall–Kier alpha value is -1.46. The lowest BCUT2D eigenvalue weighted by molar-refractivity contribution is 0.226. The van der Waals surface area contributed by atoms with Gasteiger partial charge >= 0.3 is 0 Å². The van der Waals surface area contributed by atoms with Gasteiger partial charge in [0, 0.05) is 43.0 Å². The number of rotatable bonds is 1. The number of fused-ring (bicyclic) bond motifs is 1. The van der Waals surface area contributed by atoms with Crippen LogP contribution in [0.4, 0.5) is 0 Å². The summed E-state index contributed by atoms with van der Waals surface area (Å²) in [4.78, 5) is 6.58. The number of hydrogen-bond acceptors (Lipinski definition) is 5. The van der Waals surface area contributed by atoms with Gasteiger partial charge in [-0.3, -0.25) is 4.98 Å². The van der Waals surface area contributed by atoms with Crippen molar-refractivity contribution in [2.45, 2.75) is 25.3 Å². The van der Waals surface area contributed by atoms with Gasteiger partial charge in [-0.25, -0.2) is 0 Å². The molecule has 1 fully saturated rings. The zero-order chi connectivity index (χ0) is 12.7. The number of nitrogens with zero attached hydrogens (tertiary/aromatic N) is 3. The van der Waals surface area contributed by atoms with Crippen molar-refractivity contribution in [3.8, 4) is 0 Å². The van der Waals surface area contributed by atoms with E-state index in [1.807, 2.05) is 19.3 Å². The van der Waals surface area contributed by atoms with Crippen LogP contribution in [-0.4, -0.2) is 41.2 Å². The summed E-state index contributed by atoms with van der Waals surface area (Å²) in [6.45, 7) is 3.89. The van der Waals surface area contributed by atoms with E-state index in [2.05, 4.69) is 22.1 Å². The maximum Gasteiger partial charge on any atom is 0.173 e. The van der Waals surface area contributed by atoms with Crippen LogP contribution in [0.3, 0.4) is 0 Å². The minimum Gasteiger partial charge on any atom is -0.356 e. The molecule has 3 rings (SSSR count). The third kappa shape index (κ3) is 1.89. The van der Waals surface area contributed by atoms with Crippen LogP contribution in [-0.2, 0) is 0 Å². The molecule has 2 atom stereocenters. The van der Waals surface area contributed by atoms with Gasteiger partial charge in [0.2, 0.25) is 0 Å². The van der Waals surface area contributed by atoms with E-state index in [9.17, 15) is 0 Å². The Bertz CT molecular complexity index is 555. The van der Waals surface area contributed by atoms with Gasteiger partial charge < -0.3 is 15.2 Å². The van der Waals surface area contributed by atoms with Crippen LogP contribution < -0.4 is 5.73 Å². The van der Waals surface area contributed by atoms with E-state index < -0.39 is 0 Å². The Labute approximate surface area is 106 Å². The van der Waals surface area contributed by atoms with E-state index in [1.54, 1.807) is 0 Å². The van der Waals surface area contributed by atoms with E-state index in [1.165, 1.54) is 0 Å². The minimum atomic E-state index is 0.216. The summed E-state index contributed by atoms with van der Waals surface area (Å²) >= 11 is 0. The van der Waals surface area contributed by atoms with Crippen LogP contribution in [0.25, 0.3) is 11.0 Å². The average molecular weight is 246 g/mol. The lowest BCUT2D eigenvalue weighted by atomic mass is 9.89. The highest BCUT2D eigenvalue weighted by molar-refractivity contribution is 5.81. The number of aromatic nitrogens is 2. The summed E-state index contributed by atoms with van der Waals surface area (Å²) in [5.41, 5.74) is 8.99. The first kappa shape index (κ1) is 11.6. The predicted octanol–water partition coefficient (Wildman–Crippen LogP) is 1.28. The highest BCUT2D eigenvalue weighted by Gasteiger charge is 2.27. The van der Waals surface area contributed by atoms with Crippen molar-refractivity contribution >= 4 is 11.0 Å². The summed E-state index contributed by atoms with van der Waals surface area (Å²) < 4.78 is 5.45. The second kappa shape index (κ2) is 4.33. The van der Waals surface area contributed by atoms with Crippen molar-refractivity contribution < 1.29 is 4.52 Å². The van der Waals surface area contributed by atoms with Crippen molar-refractivity contribution in [2.24, 2.45) is 5.73 Å². The molecule has 0 amide bonds. The molecular formula is C13H18N4O. The fraction of sp³-hybridized carbons (Fsp3) is 0.538. The molecule has 2 unspecified atom stereocenters. The average Bonchev–Trinajstić information content (AvgIpc) is 2.70. The molecule has 18 heavy (non-hydrogen) atoms. The van der Waals surface area contributed by atoms with Crippen LogP contribution in [0, 0.1) is 6.92 Å². The first-order valence-corrected chi connectivity index (χ1v) is 6.29. The van der Waals surface area contributed by atoms with Crippen LogP contribution >= 0.6 is 0 Å². The zero-order valence-corrected chi connectivity index (χ0v) is 10.8. The molecular weight excluding hydrogens is 228 g/mol. The largest absolute Gasteiger partial charge is 0.356 e.